The van der Waals surface area contributed by atoms with Crippen LogP contribution >= 0.6 is 11.3 Å². The highest BCUT2D eigenvalue weighted by Gasteiger charge is 2.17. The molecule has 0 aliphatic carbocycles. The number of hydrogen-bond donors (Lipinski definition) is 1. The molecule has 0 unspecified atom stereocenters. The van der Waals surface area contributed by atoms with Gasteiger partial charge in [0, 0.05) is 4.88 Å². The number of carboxylic acid groups (broad SMARTS) is 1. The Morgan fingerprint density at radius 2 is 2.06 bits per heavy atom. The van der Waals surface area contributed by atoms with Gasteiger partial charge >= 0.3 is 5.97 Å². The van der Waals surface area contributed by atoms with Crippen LogP contribution in [0.1, 0.15) is 54.6 Å². The fourth-order valence-corrected chi connectivity index (χ4v) is 2.82. The van der Waals surface area contributed by atoms with Gasteiger partial charge in [-0.25, -0.2) is 4.79 Å². The summed E-state index contributed by atoms with van der Waals surface area (Å²) in [5, 5.41) is 9.16. The Balaban J connectivity index is 2.76. The van der Waals surface area contributed by atoms with Gasteiger partial charge in [0.15, 0.2) is 4.88 Å². The second-order valence-corrected chi connectivity index (χ2v) is 5.59. The average Bonchev–Trinajstić information content (AvgIpc) is 2.74. The van der Waals surface area contributed by atoms with Crippen LogP contribution in [0.25, 0.3) is 0 Å². The molecule has 1 heterocycles. The van der Waals surface area contributed by atoms with Crippen LogP contribution in [-0.2, 0) is 6.42 Å². The first-order valence-corrected chi connectivity index (χ1v) is 7.42. The maximum Gasteiger partial charge on any atom is 0.349 e. The second kappa shape index (κ2) is 7.41. The third kappa shape index (κ3) is 4.02. The van der Waals surface area contributed by atoms with Crippen LogP contribution in [0.5, 0.6) is 5.75 Å². The summed E-state index contributed by atoms with van der Waals surface area (Å²) in [4.78, 5) is 12.6. The molecule has 0 aliphatic heterocycles. The largest absolute Gasteiger partial charge is 0.491 e. The molecular formula is C14H22O3S. The van der Waals surface area contributed by atoms with Gasteiger partial charge in [-0.1, -0.05) is 40.0 Å². The number of thiophene rings is 1. The lowest BCUT2D eigenvalue weighted by molar-refractivity contribution is 0.0697. The Bertz CT molecular complexity index is 380. The topological polar surface area (TPSA) is 46.5 Å². The van der Waals surface area contributed by atoms with Crippen LogP contribution in [0.3, 0.4) is 0 Å². The molecule has 0 saturated heterocycles. The first-order valence-electron chi connectivity index (χ1n) is 6.61. The zero-order valence-electron chi connectivity index (χ0n) is 11.4. The molecule has 0 spiro atoms. The van der Waals surface area contributed by atoms with Crippen molar-refractivity contribution in [1.82, 2.24) is 0 Å². The smallest absolute Gasteiger partial charge is 0.349 e. The summed E-state index contributed by atoms with van der Waals surface area (Å²) in [6.45, 7) is 6.96. The van der Waals surface area contributed by atoms with Gasteiger partial charge in [0.05, 0.1) is 6.61 Å². The molecule has 1 aromatic heterocycles. The Labute approximate surface area is 113 Å². The van der Waals surface area contributed by atoms with Gasteiger partial charge in [0.25, 0.3) is 0 Å². The molecule has 4 heteroatoms. The van der Waals surface area contributed by atoms with Crippen LogP contribution in [0, 0.1) is 5.92 Å². The fourth-order valence-electron chi connectivity index (χ4n) is 1.78. The lowest BCUT2D eigenvalue weighted by atomic mass is 10.1. The Hall–Kier alpha value is -1.03. The molecule has 0 radical (unpaired) electrons. The highest BCUT2D eigenvalue weighted by Crippen LogP contribution is 2.31. The van der Waals surface area contributed by atoms with Gasteiger partial charge in [-0.3, -0.25) is 0 Å². The number of ether oxygens (including phenoxy) is 1. The molecule has 1 rings (SSSR count). The van der Waals surface area contributed by atoms with Gasteiger partial charge in [0.1, 0.15) is 5.75 Å². The lowest BCUT2D eigenvalue weighted by Crippen LogP contribution is -2.11. The summed E-state index contributed by atoms with van der Waals surface area (Å²) in [6.07, 6.45) is 4.06. The highest BCUT2D eigenvalue weighted by molar-refractivity contribution is 7.14. The van der Waals surface area contributed by atoms with Crippen LogP contribution < -0.4 is 4.74 Å². The number of carbonyl (C=O) groups is 1. The average molecular weight is 270 g/mol. The van der Waals surface area contributed by atoms with Crippen molar-refractivity contribution >= 4 is 17.3 Å². The molecule has 0 amide bonds. The minimum Gasteiger partial charge on any atom is -0.491 e. The first kappa shape index (κ1) is 15.0. The zero-order valence-corrected chi connectivity index (χ0v) is 12.2. The van der Waals surface area contributed by atoms with Crippen molar-refractivity contribution < 1.29 is 14.6 Å². The van der Waals surface area contributed by atoms with E-state index in [1.165, 1.54) is 11.3 Å². The SMILES string of the molecule is CCCc1cc(OCC(CC)CC)c(C(=O)O)s1. The summed E-state index contributed by atoms with van der Waals surface area (Å²) in [6, 6.07) is 1.89. The fraction of sp³-hybridized carbons (Fsp3) is 0.643. The molecular weight excluding hydrogens is 248 g/mol. The maximum atomic E-state index is 11.2. The standard InChI is InChI=1S/C14H22O3S/c1-4-7-11-8-12(13(18-11)14(15)16)17-9-10(5-2)6-3/h8,10H,4-7,9H2,1-3H3,(H,15,16). The molecule has 0 saturated carbocycles. The van der Waals surface area contributed by atoms with Crippen LogP contribution in [0.4, 0.5) is 0 Å². The van der Waals surface area contributed by atoms with E-state index in [4.69, 9.17) is 9.84 Å². The van der Waals surface area contributed by atoms with Gasteiger partial charge in [-0.2, -0.15) is 0 Å². The van der Waals surface area contributed by atoms with Crippen molar-refractivity contribution in [1.29, 1.82) is 0 Å². The van der Waals surface area contributed by atoms with E-state index in [1.807, 2.05) is 6.07 Å². The number of rotatable bonds is 8. The monoisotopic (exact) mass is 270 g/mol. The Kier molecular flexibility index (Phi) is 6.19. The van der Waals surface area contributed by atoms with E-state index >= 15 is 0 Å². The predicted molar refractivity (Wildman–Crippen MR) is 74.8 cm³/mol. The summed E-state index contributed by atoms with van der Waals surface area (Å²) in [7, 11) is 0. The lowest BCUT2D eigenvalue weighted by Gasteiger charge is -2.13. The van der Waals surface area contributed by atoms with E-state index < -0.39 is 5.97 Å². The van der Waals surface area contributed by atoms with Gasteiger partial charge in [-0.05, 0) is 18.4 Å². The summed E-state index contributed by atoms with van der Waals surface area (Å²) >= 11 is 1.33. The molecule has 0 atom stereocenters. The Morgan fingerprint density at radius 1 is 1.39 bits per heavy atom. The van der Waals surface area contributed by atoms with Crippen LogP contribution in [-0.4, -0.2) is 17.7 Å². The van der Waals surface area contributed by atoms with E-state index in [2.05, 4.69) is 20.8 Å². The summed E-state index contributed by atoms with van der Waals surface area (Å²) < 4.78 is 5.70. The van der Waals surface area contributed by atoms with Gasteiger partial charge < -0.3 is 9.84 Å². The highest BCUT2D eigenvalue weighted by atomic mass is 32.1. The number of carboxylic acids is 1. The third-order valence-electron chi connectivity index (χ3n) is 3.07. The Morgan fingerprint density at radius 3 is 2.56 bits per heavy atom. The third-order valence-corrected chi connectivity index (χ3v) is 4.23. The maximum absolute atomic E-state index is 11.2. The van der Waals surface area contributed by atoms with Crippen LogP contribution in [0.2, 0.25) is 0 Å². The summed E-state index contributed by atoms with van der Waals surface area (Å²) in [5.41, 5.74) is 0. The van der Waals surface area contributed by atoms with E-state index in [1.54, 1.807) is 0 Å². The molecule has 3 nitrogen and oxygen atoms in total. The van der Waals surface area contributed by atoms with Crippen molar-refractivity contribution in [3.05, 3.63) is 15.8 Å². The van der Waals surface area contributed by atoms with Crippen LogP contribution in [0.15, 0.2) is 6.07 Å². The van der Waals surface area contributed by atoms with Gasteiger partial charge in [0.2, 0.25) is 0 Å². The van der Waals surface area contributed by atoms with Crippen molar-refractivity contribution in [2.24, 2.45) is 5.92 Å². The van der Waals surface area contributed by atoms with Crippen molar-refractivity contribution in [3.8, 4) is 5.75 Å². The predicted octanol–water partition coefficient (Wildman–Crippen LogP) is 4.21. The number of aryl methyl sites for hydroxylation is 1. The normalized spacial score (nSPS) is 10.9. The molecule has 0 aliphatic rings. The van der Waals surface area contributed by atoms with Crippen molar-refractivity contribution in [3.63, 3.8) is 0 Å². The van der Waals surface area contributed by atoms with Crippen molar-refractivity contribution in [2.45, 2.75) is 46.5 Å². The molecule has 102 valence electrons. The van der Waals surface area contributed by atoms with Gasteiger partial charge in [-0.15, -0.1) is 11.3 Å². The summed E-state index contributed by atoms with van der Waals surface area (Å²) in [5.74, 6) is 0.158. The van der Waals surface area contributed by atoms with E-state index in [9.17, 15) is 4.79 Å². The minimum atomic E-state index is -0.887. The minimum absolute atomic E-state index is 0.337. The van der Waals surface area contributed by atoms with E-state index in [0.717, 1.165) is 30.6 Å². The number of aromatic carboxylic acids is 1. The molecule has 1 aromatic rings. The molecule has 18 heavy (non-hydrogen) atoms. The van der Waals surface area contributed by atoms with E-state index in [0.29, 0.717) is 23.2 Å². The molecule has 0 bridgehead atoms. The molecule has 1 N–H and O–H groups in total. The van der Waals surface area contributed by atoms with E-state index in [-0.39, 0.29) is 0 Å². The zero-order chi connectivity index (χ0) is 13.5. The quantitative estimate of drug-likeness (QED) is 0.769. The molecule has 0 aromatic carbocycles. The first-order chi connectivity index (χ1) is 8.62. The molecule has 0 fully saturated rings. The van der Waals surface area contributed by atoms with Crippen molar-refractivity contribution in [2.75, 3.05) is 6.61 Å². The second-order valence-electron chi connectivity index (χ2n) is 4.45. The number of hydrogen-bond acceptors (Lipinski definition) is 3.